The van der Waals surface area contributed by atoms with E-state index in [0.717, 1.165) is 35.2 Å². The number of fused-ring (bicyclic) bond motifs is 1. The fraction of sp³-hybridized carbons (Fsp3) is 0.261. The zero-order valence-corrected chi connectivity index (χ0v) is 16.9. The lowest BCUT2D eigenvalue weighted by Gasteiger charge is -2.32. The molecule has 3 aromatic rings. The van der Waals surface area contributed by atoms with Gasteiger partial charge in [0, 0.05) is 23.3 Å². The van der Waals surface area contributed by atoms with Crippen molar-refractivity contribution < 1.29 is 14.3 Å². The molecule has 0 saturated heterocycles. The standard InChI is InChI=1S/C23H22N4O3/c1-29-18-12-11-15(13-19(18)30-2)21-20-16(9-6-10-17(20)28)24-23-25-22(26-27(21)23)14-7-4-3-5-8-14/h3-5,7-8,11-13,21H,6,9-10H2,1-2H3,(H,24,25,26)/t21-/m1/s1. The van der Waals surface area contributed by atoms with Crippen molar-refractivity contribution in [2.45, 2.75) is 25.3 Å². The molecule has 2 heterocycles. The van der Waals surface area contributed by atoms with Crippen LogP contribution in [-0.2, 0) is 4.79 Å². The van der Waals surface area contributed by atoms with Gasteiger partial charge in [-0.3, -0.25) is 4.79 Å². The molecular weight excluding hydrogens is 380 g/mol. The monoisotopic (exact) mass is 402 g/mol. The van der Waals surface area contributed by atoms with Crippen molar-refractivity contribution in [2.75, 3.05) is 19.5 Å². The number of anilines is 1. The molecule has 0 radical (unpaired) electrons. The molecule has 0 unspecified atom stereocenters. The van der Waals surface area contributed by atoms with E-state index < -0.39 is 0 Å². The fourth-order valence-electron chi connectivity index (χ4n) is 4.20. The number of benzene rings is 2. The SMILES string of the molecule is COc1ccc([C@@H]2C3=C(CCCC3=O)Nc3nc(-c4ccccc4)nn32)cc1OC. The molecule has 1 aromatic heterocycles. The Labute approximate surface area is 174 Å². The molecule has 152 valence electrons. The maximum atomic E-state index is 13.0. The Balaban J connectivity index is 1.68. The highest BCUT2D eigenvalue weighted by molar-refractivity contribution is 5.99. The zero-order valence-electron chi connectivity index (χ0n) is 16.9. The van der Waals surface area contributed by atoms with Gasteiger partial charge in [0.25, 0.3) is 0 Å². The molecule has 0 fully saturated rings. The molecule has 0 saturated carbocycles. The second-order valence-electron chi connectivity index (χ2n) is 7.38. The maximum absolute atomic E-state index is 13.0. The second-order valence-corrected chi connectivity index (χ2v) is 7.38. The zero-order chi connectivity index (χ0) is 20.7. The first-order valence-electron chi connectivity index (χ1n) is 9.96. The van der Waals surface area contributed by atoms with Crippen molar-refractivity contribution in [3.63, 3.8) is 0 Å². The summed E-state index contributed by atoms with van der Waals surface area (Å²) in [6.45, 7) is 0. The van der Waals surface area contributed by atoms with Gasteiger partial charge in [-0.1, -0.05) is 36.4 Å². The Morgan fingerprint density at radius 2 is 1.83 bits per heavy atom. The summed E-state index contributed by atoms with van der Waals surface area (Å²) in [5.74, 6) is 2.66. The molecule has 1 aliphatic heterocycles. The van der Waals surface area contributed by atoms with Gasteiger partial charge in [0.1, 0.15) is 6.04 Å². The van der Waals surface area contributed by atoms with Crippen LogP contribution in [0.4, 0.5) is 5.95 Å². The van der Waals surface area contributed by atoms with Crippen LogP contribution in [0.5, 0.6) is 11.5 Å². The van der Waals surface area contributed by atoms with Crippen molar-refractivity contribution in [3.8, 4) is 22.9 Å². The molecule has 0 spiro atoms. The summed E-state index contributed by atoms with van der Waals surface area (Å²) < 4.78 is 12.7. The smallest absolute Gasteiger partial charge is 0.226 e. The number of ether oxygens (including phenoxy) is 2. The van der Waals surface area contributed by atoms with Gasteiger partial charge < -0.3 is 14.8 Å². The average molecular weight is 402 g/mol. The first-order chi connectivity index (χ1) is 14.7. The summed E-state index contributed by atoms with van der Waals surface area (Å²) >= 11 is 0. The van der Waals surface area contributed by atoms with Gasteiger partial charge in [-0.25, -0.2) is 4.68 Å². The van der Waals surface area contributed by atoms with E-state index in [1.807, 2.05) is 53.2 Å². The van der Waals surface area contributed by atoms with E-state index in [1.165, 1.54) is 0 Å². The van der Waals surface area contributed by atoms with E-state index in [1.54, 1.807) is 14.2 Å². The lowest BCUT2D eigenvalue weighted by Crippen LogP contribution is -2.31. The molecule has 2 aromatic carbocycles. The van der Waals surface area contributed by atoms with Crippen LogP contribution >= 0.6 is 0 Å². The molecule has 7 nitrogen and oxygen atoms in total. The normalized spacial score (nSPS) is 17.8. The topological polar surface area (TPSA) is 78.3 Å². The Hall–Kier alpha value is -3.61. The first kappa shape index (κ1) is 18.4. The minimum absolute atomic E-state index is 0.144. The van der Waals surface area contributed by atoms with Gasteiger partial charge in [0.15, 0.2) is 23.1 Å². The van der Waals surface area contributed by atoms with E-state index in [9.17, 15) is 4.79 Å². The van der Waals surface area contributed by atoms with Crippen LogP contribution < -0.4 is 14.8 Å². The van der Waals surface area contributed by atoms with Gasteiger partial charge in [-0.2, -0.15) is 4.98 Å². The molecule has 30 heavy (non-hydrogen) atoms. The third kappa shape index (κ3) is 2.94. The maximum Gasteiger partial charge on any atom is 0.226 e. The lowest BCUT2D eigenvalue weighted by molar-refractivity contribution is -0.116. The van der Waals surface area contributed by atoms with Crippen LogP contribution in [0, 0.1) is 0 Å². The van der Waals surface area contributed by atoms with E-state index in [4.69, 9.17) is 19.6 Å². The summed E-state index contributed by atoms with van der Waals surface area (Å²) in [5, 5.41) is 8.15. The molecule has 1 N–H and O–H groups in total. The Morgan fingerprint density at radius 1 is 1.03 bits per heavy atom. The molecular formula is C23H22N4O3. The van der Waals surface area contributed by atoms with E-state index in [2.05, 4.69) is 5.32 Å². The number of hydrogen-bond donors (Lipinski definition) is 1. The summed E-state index contributed by atoms with van der Waals surface area (Å²) in [4.78, 5) is 17.7. The molecule has 5 rings (SSSR count). The highest BCUT2D eigenvalue weighted by Gasteiger charge is 2.37. The first-order valence-corrected chi connectivity index (χ1v) is 9.96. The third-order valence-corrected chi connectivity index (χ3v) is 5.62. The number of methoxy groups -OCH3 is 2. The van der Waals surface area contributed by atoms with Crippen LogP contribution in [0.3, 0.4) is 0 Å². The molecule has 2 aliphatic rings. The van der Waals surface area contributed by atoms with Crippen LogP contribution in [0.1, 0.15) is 30.9 Å². The van der Waals surface area contributed by atoms with Crippen molar-refractivity contribution in [1.82, 2.24) is 14.8 Å². The van der Waals surface area contributed by atoms with Gasteiger partial charge in [-0.15, -0.1) is 5.10 Å². The molecule has 0 bridgehead atoms. The van der Waals surface area contributed by atoms with E-state index in [0.29, 0.717) is 29.7 Å². The summed E-state index contributed by atoms with van der Waals surface area (Å²) in [6.07, 6.45) is 2.20. The Kier molecular flexibility index (Phi) is 4.50. The summed E-state index contributed by atoms with van der Waals surface area (Å²) in [6, 6.07) is 15.2. The van der Waals surface area contributed by atoms with Crippen LogP contribution in [0.25, 0.3) is 11.4 Å². The van der Waals surface area contributed by atoms with Crippen molar-refractivity contribution in [3.05, 3.63) is 65.4 Å². The van der Waals surface area contributed by atoms with Gasteiger partial charge in [-0.05, 0) is 30.5 Å². The van der Waals surface area contributed by atoms with Crippen molar-refractivity contribution >= 4 is 11.7 Å². The largest absolute Gasteiger partial charge is 0.493 e. The third-order valence-electron chi connectivity index (χ3n) is 5.62. The number of carbonyl (C=O) groups is 1. The molecule has 1 aliphatic carbocycles. The number of nitrogens with zero attached hydrogens (tertiary/aromatic N) is 3. The highest BCUT2D eigenvalue weighted by Crippen LogP contribution is 2.42. The number of carbonyl (C=O) groups excluding carboxylic acids is 1. The number of allylic oxidation sites excluding steroid dienone is 2. The Morgan fingerprint density at radius 3 is 2.60 bits per heavy atom. The lowest BCUT2D eigenvalue weighted by atomic mass is 9.85. The van der Waals surface area contributed by atoms with Crippen molar-refractivity contribution in [1.29, 1.82) is 0 Å². The van der Waals surface area contributed by atoms with Crippen LogP contribution in [0.2, 0.25) is 0 Å². The second kappa shape index (κ2) is 7.33. The van der Waals surface area contributed by atoms with Gasteiger partial charge in [0.2, 0.25) is 5.95 Å². The predicted molar refractivity (Wildman–Crippen MR) is 113 cm³/mol. The number of hydrogen-bond acceptors (Lipinski definition) is 6. The highest BCUT2D eigenvalue weighted by atomic mass is 16.5. The van der Waals surface area contributed by atoms with E-state index >= 15 is 0 Å². The van der Waals surface area contributed by atoms with E-state index in [-0.39, 0.29) is 11.8 Å². The summed E-state index contributed by atoms with van der Waals surface area (Å²) in [7, 11) is 3.21. The molecule has 7 heteroatoms. The number of ketones is 1. The number of aromatic nitrogens is 3. The van der Waals surface area contributed by atoms with Crippen LogP contribution in [0.15, 0.2) is 59.8 Å². The van der Waals surface area contributed by atoms with Gasteiger partial charge in [0.05, 0.1) is 14.2 Å². The van der Waals surface area contributed by atoms with Crippen LogP contribution in [-0.4, -0.2) is 34.8 Å². The molecule has 0 amide bonds. The fourth-order valence-corrected chi connectivity index (χ4v) is 4.20. The number of rotatable bonds is 4. The summed E-state index contributed by atoms with van der Waals surface area (Å²) in [5.41, 5.74) is 3.52. The predicted octanol–water partition coefficient (Wildman–Crippen LogP) is 3.98. The number of nitrogens with one attached hydrogen (secondary N) is 1. The number of Topliss-reactive ketones (excluding diaryl/α,β-unsaturated/α-hetero) is 1. The van der Waals surface area contributed by atoms with Crippen molar-refractivity contribution in [2.24, 2.45) is 0 Å². The minimum atomic E-state index is -0.367. The van der Waals surface area contributed by atoms with Gasteiger partial charge >= 0.3 is 0 Å². The minimum Gasteiger partial charge on any atom is -0.493 e. The Bertz CT molecular complexity index is 1150. The average Bonchev–Trinajstić information content (AvgIpc) is 3.22. The quantitative estimate of drug-likeness (QED) is 0.711. The molecule has 1 atom stereocenters.